The number of anilines is 1. The van der Waals surface area contributed by atoms with Gasteiger partial charge in [-0.25, -0.2) is 0 Å². The van der Waals surface area contributed by atoms with E-state index in [0.717, 1.165) is 31.7 Å². The van der Waals surface area contributed by atoms with Gasteiger partial charge >= 0.3 is 0 Å². The molecule has 1 fully saturated rings. The number of benzene rings is 1. The van der Waals surface area contributed by atoms with E-state index < -0.39 is 6.04 Å². The summed E-state index contributed by atoms with van der Waals surface area (Å²) in [5.41, 5.74) is 7.15. The zero-order chi connectivity index (χ0) is 16.1. The van der Waals surface area contributed by atoms with Gasteiger partial charge in [-0.2, -0.15) is 0 Å². The molecule has 1 unspecified atom stereocenters. The van der Waals surface area contributed by atoms with Crippen LogP contribution in [0, 0.1) is 0 Å². The fourth-order valence-electron chi connectivity index (χ4n) is 2.30. The molecular formula is C16H25ClN4O2. The Kier molecular flexibility index (Phi) is 7.48. The first-order chi connectivity index (χ1) is 10.5. The Balaban J connectivity index is 0.00000264. The van der Waals surface area contributed by atoms with Crippen LogP contribution >= 0.6 is 12.4 Å². The summed E-state index contributed by atoms with van der Waals surface area (Å²) in [5, 5.41) is 2.73. The molecule has 0 saturated carbocycles. The molecule has 1 aromatic rings. The van der Waals surface area contributed by atoms with Gasteiger partial charge in [0.1, 0.15) is 0 Å². The zero-order valence-corrected chi connectivity index (χ0v) is 14.4. The molecule has 0 aromatic heterocycles. The van der Waals surface area contributed by atoms with E-state index in [2.05, 4.69) is 17.3 Å². The molecule has 0 radical (unpaired) electrons. The van der Waals surface area contributed by atoms with E-state index in [0.29, 0.717) is 12.1 Å². The maximum Gasteiger partial charge on any atom is 0.240 e. The number of likely N-dealkylation sites (N-methyl/N-ethyl adjacent to an activating group) is 1. The molecule has 1 saturated heterocycles. The van der Waals surface area contributed by atoms with E-state index in [-0.39, 0.29) is 24.2 Å². The summed E-state index contributed by atoms with van der Waals surface area (Å²) in [6, 6.07) is 6.79. The zero-order valence-electron chi connectivity index (χ0n) is 13.6. The van der Waals surface area contributed by atoms with Crippen LogP contribution in [-0.2, 0) is 16.0 Å². The van der Waals surface area contributed by atoms with E-state index in [4.69, 9.17) is 5.73 Å². The van der Waals surface area contributed by atoms with Crippen LogP contribution in [0.3, 0.4) is 0 Å². The SMILES string of the molecule is CC(N)C(=O)Nc1ccc(CC(=O)N2CCN(C)CC2)cc1.Cl. The van der Waals surface area contributed by atoms with Crippen LogP contribution < -0.4 is 11.1 Å². The van der Waals surface area contributed by atoms with Crippen LogP contribution in [0.1, 0.15) is 12.5 Å². The molecule has 1 atom stereocenters. The molecule has 2 amide bonds. The molecular weight excluding hydrogens is 316 g/mol. The van der Waals surface area contributed by atoms with Gasteiger partial charge in [0.05, 0.1) is 12.5 Å². The van der Waals surface area contributed by atoms with Gasteiger partial charge in [0.2, 0.25) is 11.8 Å². The summed E-state index contributed by atoms with van der Waals surface area (Å²) in [4.78, 5) is 27.9. The summed E-state index contributed by atoms with van der Waals surface area (Å²) < 4.78 is 0. The summed E-state index contributed by atoms with van der Waals surface area (Å²) in [5.74, 6) is -0.0678. The highest BCUT2D eigenvalue weighted by molar-refractivity contribution is 5.94. The van der Waals surface area contributed by atoms with Crippen LogP contribution in [0.5, 0.6) is 0 Å². The van der Waals surface area contributed by atoms with Gasteiger partial charge in [0.15, 0.2) is 0 Å². The van der Waals surface area contributed by atoms with Crippen molar-refractivity contribution in [3.63, 3.8) is 0 Å². The second kappa shape index (κ2) is 8.86. The molecule has 1 heterocycles. The number of halogens is 1. The fraction of sp³-hybridized carbons (Fsp3) is 0.500. The third-order valence-electron chi connectivity index (χ3n) is 3.85. The fourth-order valence-corrected chi connectivity index (χ4v) is 2.30. The van der Waals surface area contributed by atoms with Gasteiger partial charge in [-0.05, 0) is 31.7 Å². The van der Waals surface area contributed by atoms with Crippen LogP contribution in [0.15, 0.2) is 24.3 Å². The average Bonchev–Trinajstić information content (AvgIpc) is 2.49. The lowest BCUT2D eigenvalue weighted by molar-refractivity contribution is -0.132. The number of nitrogens with zero attached hydrogens (tertiary/aromatic N) is 2. The predicted molar refractivity (Wildman–Crippen MR) is 93.8 cm³/mol. The van der Waals surface area contributed by atoms with Crippen molar-refractivity contribution in [3.8, 4) is 0 Å². The van der Waals surface area contributed by atoms with Crippen molar-refractivity contribution >= 4 is 29.9 Å². The summed E-state index contributed by atoms with van der Waals surface area (Å²) in [6.07, 6.45) is 0.394. The van der Waals surface area contributed by atoms with Gasteiger partial charge in [-0.3, -0.25) is 9.59 Å². The number of carbonyl (C=O) groups excluding carboxylic acids is 2. The average molecular weight is 341 g/mol. The minimum absolute atomic E-state index is 0. The molecule has 3 N–H and O–H groups in total. The Morgan fingerprint density at radius 2 is 1.74 bits per heavy atom. The molecule has 6 nitrogen and oxygen atoms in total. The molecule has 0 bridgehead atoms. The molecule has 1 aliphatic heterocycles. The van der Waals surface area contributed by atoms with Gasteiger partial charge < -0.3 is 20.9 Å². The number of hydrogen-bond acceptors (Lipinski definition) is 4. The predicted octanol–water partition coefficient (Wildman–Crippen LogP) is 0.711. The van der Waals surface area contributed by atoms with Crippen molar-refractivity contribution in [2.45, 2.75) is 19.4 Å². The normalized spacial score (nSPS) is 16.4. The van der Waals surface area contributed by atoms with Crippen molar-refractivity contribution in [1.82, 2.24) is 9.80 Å². The van der Waals surface area contributed by atoms with Crippen molar-refractivity contribution in [2.75, 3.05) is 38.5 Å². The van der Waals surface area contributed by atoms with E-state index in [1.165, 1.54) is 0 Å². The Bertz CT molecular complexity index is 525. The molecule has 0 spiro atoms. The number of rotatable bonds is 4. The molecule has 2 rings (SSSR count). The van der Waals surface area contributed by atoms with Crippen molar-refractivity contribution in [2.24, 2.45) is 5.73 Å². The van der Waals surface area contributed by atoms with Gasteiger partial charge in [-0.15, -0.1) is 12.4 Å². The lowest BCUT2D eigenvalue weighted by Gasteiger charge is -2.32. The molecule has 7 heteroatoms. The highest BCUT2D eigenvalue weighted by Crippen LogP contribution is 2.12. The standard InChI is InChI=1S/C16H24N4O2.ClH/c1-12(17)16(22)18-14-5-3-13(4-6-14)11-15(21)20-9-7-19(2)8-10-20;/h3-6,12H,7-11,17H2,1-2H3,(H,18,22);1H. The second-order valence-corrected chi connectivity index (χ2v) is 5.84. The van der Waals surface area contributed by atoms with Crippen LogP contribution in [0.4, 0.5) is 5.69 Å². The number of amides is 2. The minimum Gasteiger partial charge on any atom is -0.340 e. The quantitative estimate of drug-likeness (QED) is 0.846. The minimum atomic E-state index is -0.543. The largest absolute Gasteiger partial charge is 0.340 e. The number of hydrogen-bond donors (Lipinski definition) is 2. The van der Waals surface area contributed by atoms with Gasteiger partial charge in [0, 0.05) is 31.9 Å². The Morgan fingerprint density at radius 1 is 1.17 bits per heavy atom. The molecule has 23 heavy (non-hydrogen) atoms. The maximum atomic E-state index is 12.2. The van der Waals surface area contributed by atoms with Gasteiger partial charge in [0.25, 0.3) is 0 Å². The lowest BCUT2D eigenvalue weighted by Crippen LogP contribution is -2.47. The Morgan fingerprint density at radius 3 is 2.26 bits per heavy atom. The van der Waals surface area contributed by atoms with Crippen LogP contribution in [0.25, 0.3) is 0 Å². The van der Waals surface area contributed by atoms with E-state index in [1.54, 1.807) is 19.1 Å². The van der Waals surface area contributed by atoms with E-state index in [1.807, 2.05) is 17.0 Å². The molecule has 0 aliphatic carbocycles. The molecule has 1 aromatic carbocycles. The third-order valence-corrected chi connectivity index (χ3v) is 3.85. The van der Waals surface area contributed by atoms with Crippen molar-refractivity contribution < 1.29 is 9.59 Å². The Hall–Kier alpha value is -1.63. The topological polar surface area (TPSA) is 78.7 Å². The smallest absolute Gasteiger partial charge is 0.240 e. The number of piperazine rings is 1. The maximum absolute atomic E-state index is 12.2. The first kappa shape index (κ1) is 19.4. The molecule has 1 aliphatic rings. The number of carbonyl (C=O) groups is 2. The third kappa shape index (κ3) is 5.82. The summed E-state index contributed by atoms with van der Waals surface area (Å²) in [6.45, 7) is 5.07. The highest BCUT2D eigenvalue weighted by Gasteiger charge is 2.19. The number of nitrogens with two attached hydrogens (primary N) is 1. The monoisotopic (exact) mass is 340 g/mol. The van der Waals surface area contributed by atoms with Crippen molar-refractivity contribution in [3.05, 3.63) is 29.8 Å². The first-order valence-corrected chi connectivity index (χ1v) is 7.57. The lowest BCUT2D eigenvalue weighted by atomic mass is 10.1. The first-order valence-electron chi connectivity index (χ1n) is 7.57. The van der Waals surface area contributed by atoms with E-state index >= 15 is 0 Å². The second-order valence-electron chi connectivity index (χ2n) is 5.84. The van der Waals surface area contributed by atoms with E-state index in [9.17, 15) is 9.59 Å². The summed E-state index contributed by atoms with van der Waals surface area (Å²) in [7, 11) is 2.07. The van der Waals surface area contributed by atoms with Crippen LogP contribution in [0.2, 0.25) is 0 Å². The van der Waals surface area contributed by atoms with Gasteiger partial charge in [-0.1, -0.05) is 12.1 Å². The van der Waals surface area contributed by atoms with Crippen molar-refractivity contribution in [1.29, 1.82) is 0 Å². The molecule has 128 valence electrons. The summed E-state index contributed by atoms with van der Waals surface area (Å²) >= 11 is 0. The highest BCUT2D eigenvalue weighted by atomic mass is 35.5. The number of nitrogens with one attached hydrogen (secondary N) is 1. The van der Waals surface area contributed by atoms with Crippen LogP contribution in [-0.4, -0.2) is 60.9 Å². The Labute approximate surface area is 143 Å².